The van der Waals surface area contributed by atoms with Gasteiger partial charge < -0.3 is 19.7 Å². The first-order valence-electron chi connectivity index (χ1n) is 11.7. The van der Waals surface area contributed by atoms with Gasteiger partial charge in [-0.25, -0.2) is 4.98 Å². The lowest BCUT2D eigenvalue weighted by Gasteiger charge is -2.38. The van der Waals surface area contributed by atoms with Crippen molar-refractivity contribution >= 4 is 44.3 Å². The molecule has 2 aromatic carbocycles. The number of hydrogen-bond donors (Lipinski definition) is 2. The third kappa shape index (κ3) is 4.85. The van der Waals surface area contributed by atoms with Crippen LogP contribution in [0.5, 0.6) is 0 Å². The molecule has 7 nitrogen and oxygen atoms in total. The molecule has 1 aliphatic heterocycles. The zero-order valence-electron chi connectivity index (χ0n) is 19.3. The lowest BCUT2D eigenvalue weighted by Crippen LogP contribution is -2.45. The molecular weight excluding hydrogens is 462 g/mol. The summed E-state index contributed by atoms with van der Waals surface area (Å²) in [4.78, 5) is 31.3. The van der Waals surface area contributed by atoms with Crippen molar-refractivity contribution in [2.24, 2.45) is 0 Å². The first-order valence-corrected chi connectivity index (χ1v) is 12.5. The van der Waals surface area contributed by atoms with Crippen LogP contribution in [0.1, 0.15) is 46.8 Å². The van der Waals surface area contributed by atoms with Crippen molar-refractivity contribution in [3.05, 3.63) is 77.5 Å². The highest BCUT2D eigenvalue weighted by molar-refractivity contribution is 7.18. The topological polar surface area (TPSA) is 95.7 Å². The van der Waals surface area contributed by atoms with Crippen LogP contribution in [-0.4, -0.2) is 39.9 Å². The standard InChI is InChI=1S/C27H27N3O4S/c1-2-3-8-25(31)30-13-11-27(33,12-14-30)19-9-10-21-18(15-19)16-22(34-21)26(32)28-17-24-29-20-6-4-5-7-23(20)35-24/h2,4-7,9-10,15-16,33H,1,3,8,11-14,17H2,(H,28,32). The zero-order chi connectivity index (χ0) is 24.4. The summed E-state index contributed by atoms with van der Waals surface area (Å²) in [5.74, 6) is -0.00122. The van der Waals surface area contributed by atoms with Crippen LogP contribution in [-0.2, 0) is 16.9 Å². The number of piperidine rings is 1. The van der Waals surface area contributed by atoms with Gasteiger partial charge in [-0.1, -0.05) is 24.3 Å². The molecule has 2 amide bonds. The van der Waals surface area contributed by atoms with Gasteiger partial charge in [0.2, 0.25) is 5.91 Å². The van der Waals surface area contributed by atoms with Crippen LogP contribution in [0.4, 0.5) is 0 Å². The van der Waals surface area contributed by atoms with Crippen molar-refractivity contribution < 1.29 is 19.1 Å². The van der Waals surface area contributed by atoms with Gasteiger partial charge in [0.1, 0.15) is 10.6 Å². The number of para-hydroxylation sites is 1. The van der Waals surface area contributed by atoms with Gasteiger partial charge in [0, 0.05) is 24.9 Å². The van der Waals surface area contributed by atoms with Crippen LogP contribution in [0.15, 0.2) is 65.6 Å². The van der Waals surface area contributed by atoms with E-state index in [-0.39, 0.29) is 17.6 Å². The Hall–Kier alpha value is -3.49. The Labute approximate surface area is 207 Å². The minimum absolute atomic E-state index is 0.0961. The van der Waals surface area contributed by atoms with Crippen LogP contribution in [0.3, 0.4) is 0 Å². The Balaban J connectivity index is 1.25. The Morgan fingerprint density at radius 3 is 2.77 bits per heavy atom. The lowest BCUT2D eigenvalue weighted by molar-refractivity contribution is -0.135. The van der Waals surface area contributed by atoms with Crippen LogP contribution >= 0.6 is 11.3 Å². The molecule has 1 fully saturated rings. The minimum atomic E-state index is -1.02. The molecule has 5 rings (SSSR count). The van der Waals surface area contributed by atoms with E-state index in [0.717, 1.165) is 26.2 Å². The smallest absolute Gasteiger partial charge is 0.287 e. The van der Waals surface area contributed by atoms with E-state index in [2.05, 4.69) is 16.9 Å². The summed E-state index contributed by atoms with van der Waals surface area (Å²) < 4.78 is 6.85. The second kappa shape index (κ2) is 9.64. The van der Waals surface area contributed by atoms with Crippen molar-refractivity contribution in [1.29, 1.82) is 0 Å². The van der Waals surface area contributed by atoms with Gasteiger partial charge in [-0.05, 0) is 55.2 Å². The van der Waals surface area contributed by atoms with Crippen molar-refractivity contribution in [2.45, 2.75) is 37.8 Å². The number of amides is 2. The fraction of sp³-hybridized carbons (Fsp3) is 0.296. The summed E-state index contributed by atoms with van der Waals surface area (Å²) in [5.41, 5.74) is 1.25. The highest BCUT2D eigenvalue weighted by atomic mass is 32.1. The number of nitrogens with zero attached hydrogens (tertiary/aromatic N) is 2. The maximum Gasteiger partial charge on any atom is 0.287 e. The van der Waals surface area contributed by atoms with Gasteiger partial charge in [0.25, 0.3) is 5.91 Å². The van der Waals surface area contributed by atoms with Crippen molar-refractivity contribution in [3.63, 3.8) is 0 Å². The van der Waals surface area contributed by atoms with E-state index in [0.29, 0.717) is 50.9 Å². The number of allylic oxidation sites excluding steroid dienone is 1. The largest absolute Gasteiger partial charge is 0.451 e. The molecule has 8 heteroatoms. The van der Waals surface area contributed by atoms with E-state index >= 15 is 0 Å². The van der Waals surface area contributed by atoms with Gasteiger partial charge >= 0.3 is 0 Å². The number of rotatable bonds is 7. The molecule has 1 saturated heterocycles. The molecule has 0 saturated carbocycles. The number of thiazole rings is 1. The van der Waals surface area contributed by atoms with E-state index < -0.39 is 5.60 Å². The number of carbonyl (C=O) groups is 2. The Morgan fingerprint density at radius 1 is 1.20 bits per heavy atom. The second-order valence-electron chi connectivity index (χ2n) is 8.86. The number of benzene rings is 2. The first kappa shape index (κ1) is 23.3. The molecule has 1 aliphatic rings. The normalized spacial score (nSPS) is 15.4. The average molecular weight is 490 g/mol. The van der Waals surface area contributed by atoms with E-state index in [9.17, 15) is 14.7 Å². The first-order chi connectivity index (χ1) is 16.9. The maximum atomic E-state index is 12.7. The monoisotopic (exact) mass is 489 g/mol. The molecule has 0 aliphatic carbocycles. The van der Waals surface area contributed by atoms with Crippen LogP contribution in [0.2, 0.25) is 0 Å². The van der Waals surface area contributed by atoms with E-state index in [1.165, 1.54) is 0 Å². The molecule has 0 spiro atoms. The molecule has 0 unspecified atom stereocenters. The van der Waals surface area contributed by atoms with Gasteiger partial charge in [-0.2, -0.15) is 0 Å². The molecule has 4 aromatic rings. The summed E-state index contributed by atoms with van der Waals surface area (Å²) in [6.07, 6.45) is 3.78. The Bertz CT molecular complexity index is 1360. The molecular formula is C27H27N3O4S. The summed E-state index contributed by atoms with van der Waals surface area (Å²) in [6, 6.07) is 15.1. The lowest BCUT2D eigenvalue weighted by atomic mass is 9.84. The summed E-state index contributed by atoms with van der Waals surface area (Å²) in [7, 11) is 0. The maximum absolute atomic E-state index is 12.7. The highest BCUT2D eigenvalue weighted by Crippen LogP contribution is 2.35. The third-order valence-electron chi connectivity index (χ3n) is 6.52. The number of hydrogen-bond acceptors (Lipinski definition) is 6. The molecule has 0 bridgehead atoms. The third-order valence-corrected chi connectivity index (χ3v) is 7.56. The number of aromatic nitrogens is 1. The van der Waals surface area contributed by atoms with Gasteiger partial charge in [0.15, 0.2) is 5.76 Å². The van der Waals surface area contributed by atoms with Crippen molar-refractivity contribution in [3.8, 4) is 0 Å². The molecule has 2 aromatic heterocycles. The van der Waals surface area contributed by atoms with E-state index in [4.69, 9.17) is 4.42 Å². The van der Waals surface area contributed by atoms with Crippen molar-refractivity contribution in [2.75, 3.05) is 13.1 Å². The fourth-order valence-electron chi connectivity index (χ4n) is 4.48. The number of likely N-dealkylation sites (tertiary alicyclic amines) is 1. The molecule has 180 valence electrons. The molecule has 35 heavy (non-hydrogen) atoms. The summed E-state index contributed by atoms with van der Waals surface area (Å²) >= 11 is 1.55. The summed E-state index contributed by atoms with van der Waals surface area (Å²) in [5, 5.41) is 15.8. The second-order valence-corrected chi connectivity index (χ2v) is 9.98. The van der Waals surface area contributed by atoms with Gasteiger partial charge in [-0.15, -0.1) is 17.9 Å². The quantitative estimate of drug-likeness (QED) is 0.365. The molecule has 2 N–H and O–H groups in total. The SMILES string of the molecule is C=CCCC(=O)N1CCC(O)(c2ccc3oc(C(=O)NCc4nc5ccccc5s4)cc3c2)CC1. The molecule has 3 heterocycles. The minimum Gasteiger partial charge on any atom is -0.451 e. The fourth-order valence-corrected chi connectivity index (χ4v) is 5.39. The van der Waals surface area contributed by atoms with E-state index in [1.54, 1.807) is 29.5 Å². The number of carbonyl (C=O) groups excluding carboxylic acids is 2. The number of furan rings is 1. The Morgan fingerprint density at radius 2 is 2.00 bits per heavy atom. The number of aliphatic hydroxyl groups is 1. The molecule has 0 radical (unpaired) electrons. The van der Waals surface area contributed by atoms with Gasteiger partial charge in [0.05, 0.1) is 22.4 Å². The Kier molecular flexibility index (Phi) is 6.40. The summed E-state index contributed by atoms with van der Waals surface area (Å²) in [6.45, 7) is 5.00. The predicted octanol–water partition coefficient (Wildman–Crippen LogP) is 4.75. The number of nitrogens with one attached hydrogen (secondary N) is 1. The zero-order valence-corrected chi connectivity index (χ0v) is 20.1. The average Bonchev–Trinajstić information content (AvgIpc) is 3.49. The predicted molar refractivity (Wildman–Crippen MR) is 136 cm³/mol. The van der Waals surface area contributed by atoms with Crippen LogP contribution in [0, 0.1) is 0 Å². The highest BCUT2D eigenvalue weighted by Gasteiger charge is 2.35. The van der Waals surface area contributed by atoms with Crippen molar-refractivity contribution in [1.82, 2.24) is 15.2 Å². The van der Waals surface area contributed by atoms with E-state index in [1.807, 2.05) is 41.3 Å². The van der Waals surface area contributed by atoms with Crippen LogP contribution in [0.25, 0.3) is 21.2 Å². The number of fused-ring (bicyclic) bond motifs is 2. The van der Waals surface area contributed by atoms with Crippen LogP contribution < -0.4 is 5.32 Å². The molecule has 0 atom stereocenters. The van der Waals surface area contributed by atoms with Gasteiger partial charge in [-0.3, -0.25) is 9.59 Å².